The van der Waals surface area contributed by atoms with Gasteiger partial charge in [-0.15, -0.1) is 0 Å². The van der Waals surface area contributed by atoms with Gasteiger partial charge in [-0.25, -0.2) is 0 Å². The average molecular weight is 327 g/mol. The minimum Gasteiger partial charge on any atom is -0.289 e. The monoisotopic (exact) mass is 326 g/mol. The fourth-order valence-electron chi connectivity index (χ4n) is 3.58. The Bertz CT molecular complexity index is 828. The van der Waals surface area contributed by atoms with Crippen LogP contribution in [0.4, 0.5) is 0 Å². The molecule has 0 N–H and O–H groups in total. The lowest BCUT2D eigenvalue weighted by Crippen LogP contribution is -2.23. The van der Waals surface area contributed by atoms with Gasteiger partial charge in [0.05, 0.1) is 28.0 Å². The molecule has 1 fully saturated rings. The molecule has 0 radical (unpaired) electrons. The van der Waals surface area contributed by atoms with Crippen LogP contribution in [0.25, 0.3) is 10.9 Å². The van der Waals surface area contributed by atoms with Crippen LogP contribution in [-0.2, 0) is 13.6 Å². The van der Waals surface area contributed by atoms with E-state index in [4.69, 9.17) is 16.7 Å². The number of hydrogen-bond donors (Lipinski definition) is 0. The van der Waals surface area contributed by atoms with E-state index in [1.807, 2.05) is 36.1 Å². The second kappa shape index (κ2) is 5.95. The largest absolute Gasteiger partial charge is 0.289 e. The maximum Gasteiger partial charge on any atom is 0.0858 e. The van der Waals surface area contributed by atoms with Crippen LogP contribution in [0.3, 0.4) is 0 Å². The normalized spacial score (nSPS) is 18.8. The molecule has 0 spiro atoms. The first-order valence-electron chi connectivity index (χ1n) is 7.99. The zero-order valence-corrected chi connectivity index (χ0v) is 13.9. The predicted molar refractivity (Wildman–Crippen MR) is 92.3 cm³/mol. The van der Waals surface area contributed by atoms with E-state index in [1.54, 1.807) is 0 Å². The third-order valence-corrected chi connectivity index (χ3v) is 4.96. The first-order valence-corrected chi connectivity index (χ1v) is 8.37. The molecule has 1 aromatic carbocycles. The van der Waals surface area contributed by atoms with Crippen LogP contribution in [0.1, 0.15) is 30.3 Å². The van der Waals surface area contributed by atoms with Crippen molar-refractivity contribution in [2.45, 2.75) is 25.4 Å². The van der Waals surface area contributed by atoms with E-state index in [0.29, 0.717) is 6.04 Å². The van der Waals surface area contributed by atoms with Crippen molar-refractivity contribution in [2.24, 2.45) is 7.05 Å². The predicted octanol–water partition coefficient (Wildman–Crippen LogP) is 3.96. The summed E-state index contributed by atoms with van der Waals surface area (Å²) >= 11 is 6.43. The molecule has 0 saturated carbocycles. The molecule has 5 heteroatoms. The number of fused-ring (bicyclic) bond motifs is 1. The van der Waals surface area contributed by atoms with Gasteiger partial charge in [0.15, 0.2) is 0 Å². The molecule has 1 atom stereocenters. The van der Waals surface area contributed by atoms with Crippen molar-refractivity contribution in [3.8, 4) is 0 Å². The number of pyridine rings is 1. The lowest BCUT2D eigenvalue weighted by Gasteiger charge is -2.23. The molecule has 1 saturated heterocycles. The van der Waals surface area contributed by atoms with Crippen LogP contribution >= 0.6 is 11.6 Å². The molecular weight excluding hydrogens is 308 g/mol. The Morgan fingerprint density at radius 3 is 2.96 bits per heavy atom. The summed E-state index contributed by atoms with van der Waals surface area (Å²) in [6.45, 7) is 1.88. The molecule has 3 aromatic rings. The number of aryl methyl sites for hydroxylation is 1. The van der Waals surface area contributed by atoms with E-state index in [0.717, 1.165) is 46.8 Å². The van der Waals surface area contributed by atoms with Crippen LogP contribution in [0, 0.1) is 0 Å². The van der Waals surface area contributed by atoms with Gasteiger partial charge in [0, 0.05) is 25.2 Å². The van der Waals surface area contributed by atoms with Gasteiger partial charge in [-0.05, 0) is 43.7 Å². The summed E-state index contributed by atoms with van der Waals surface area (Å²) in [7, 11) is 1.97. The molecule has 1 aliphatic heterocycles. The number of aromatic nitrogens is 3. The molecule has 4 nitrogen and oxygen atoms in total. The molecule has 1 unspecified atom stereocenters. The zero-order chi connectivity index (χ0) is 15.8. The van der Waals surface area contributed by atoms with E-state index in [1.165, 1.54) is 6.42 Å². The minimum absolute atomic E-state index is 0.371. The molecule has 1 aliphatic rings. The van der Waals surface area contributed by atoms with Gasteiger partial charge in [0.25, 0.3) is 0 Å². The van der Waals surface area contributed by atoms with Gasteiger partial charge in [-0.3, -0.25) is 14.6 Å². The first kappa shape index (κ1) is 14.7. The van der Waals surface area contributed by atoms with E-state index < -0.39 is 0 Å². The molecule has 0 amide bonds. The maximum atomic E-state index is 6.43. The van der Waals surface area contributed by atoms with Gasteiger partial charge in [0.2, 0.25) is 0 Å². The molecule has 0 aliphatic carbocycles. The minimum atomic E-state index is 0.371. The Morgan fingerprint density at radius 2 is 2.13 bits per heavy atom. The fourth-order valence-corrected chi connectivity index (χ4v) is 3.86. The van der Waals surface area contributed by atoms with Crippen molar-refractivity contribution >= 4 is 22.5 Å². The van der Waals surface area contributed by atoms with Gasteiger partial charge >= 0.3 is 0 Å². The summed E-state index contributed by atoms with van der Waals surface area (Å²) in [6, 6.07) is 12.5. The second-order valence-electron chi connectivity index (χ2n) is 6.09. The third-order valence-electron chi connectivity index (χ3n) is 4.65. The highest BCUT2D eigenvalue weighted by molar-refractivity contribution is 6.35. The Morgan fingerprint density at radius 1 is 1.22 bits per heavy atom. The Balaban J connectivity index is 1.68. The quantitative estimate of drug-likeness (QED) is 0.730. The van der Waals surface area contributed by atoms with Crippen molar-refractivity contribution in [3.63, 3.8) is 0 Å². The summed E-state index contributed by atoms with van der Waals surface area (Å²) in [5.41, 5.74) is 3.29. The van der Waals surface area contributed by atoms with Crippen LogP contribution in [0.2, 0.25) is 5.02 Å². The van der Waals surface area contributed by atoms with E-state index in [2.05, 4.69) is 28.1 Å². The molecule has 23 heavy (non-hydrogen) atoms. The van der Waals surface area contributed by atoms with Crippen molar-refractivity contribution in [1.82, 2.24) is 19.7 Å². The lowest BCUT2D eigenvalue weighted by atomic mass is 10.1. The molecule has 2 aromatic heterocycles. The number of rotatable bonds is 3. The van der Waals surface area contributed by atoms with E-state index >= 15 is 0 Å². The lowest BCUT2D eigenvalue weighted by molar-refractivity contribution is 0.242. The smallest absolute Gasteiger partial charge is 0.0858 e. The molecule has 118 valence electrons. The summed E-state index contributed by atoms with van der Waals surface area (Å²) in [6.07, 6.45) is 4.22. The number of halogens is 1. The molecular formula is C18H19ClN4. The standard InChI is InChI=1S/C18H19ClN4/c1-22-17-8-4-6-13(19)18(17)15(21-22)12-23-11-5-9-16(23)14-7-2-3-10-20-14/h2-4,6-8,10,16H,5,9,11-12H2,1H3. The first-order chi connectivity index (χ1) is 11.2. The highest BCUT2D eigenvalue weighted by atomic mass is 35.5. The third kappa shape index (κ3) is 2.62. The summed E-state index contributed by atoms with van der Waals surface area (Å²) in [5.74, 6) is 0. The summed E-state index contributed by atoms with van der Waals surface area (Å²) < 4.78 is 1.92. The van der Waals surface area contributed by atoms with Crippen LogP contribution in [0.5, 0.6) is 0 Å². The highest BCUT2D eigenvalue weighted by Crippen LogP contribution is 2.34. The SMILES string of the molecule is Cn1nc(CN2CCCC2c2ccccn2)c2c(Cl)cccc21. The zero-order valence-electron chi connectivity index (χ0n) is 13.1. The van der Waals surface area contributed by atoms with Crippen molar-refractivity contribution in [3.05, 3.63) is 59.0 Å². The van der Waals surface area contributed by atoms with Crippen LogP contribution in [-0.4, -0.2) is 26.2 Å². The van der Waals surface area contributed by atoms with Gasteiger partial charge in [-0.1, -0.05) is 23.7 Å². The number of benzene rings is 1. The average Bonchev–Trinajstić information content (AvgIpc) is 3.15. The van der Waals surface area contributed by atoms with Gasteiger partial charge in [-0.2, -0.15) is 5.10 Å². The number of nitrogens with zero attached hydrogens (tertiary/aromatic N) is 4. The molecule has 0 bridgehead atoms. The summed E-state index contributed by atoms with van der Waals surface area (Å²) in [5, 5.41) is 6.56. The topological polar surface area (TPSA) is 34.0 Å². The highest BCUT2D eigenvalue weighted by Gasteiger charge is 2.28. The number of hydrogen-bond acceptors (Lipinski definition) is 3. The number of likely N-dealkylation sites (tertiary alicyclic amines) is 1. The molecule has 3 heterocycles. The molecule has 4 rings (SSSR count). The van der Waals surface area contributed by atoms with E-state index in [9.17, 15) is 0 Å². The Hall–Kier alpha value is -1.91. The van der Waals surface area contributed by atoms with Crippen molar-refractivity contribution in [1.29, 1.82) is 0 Å². The van der Waals surface area contributed by atoms with Crippen molar-refractivity contribution < 1.29 is 0 Å². The van der Waals surface area contributed by atoms with Crippen LogP contribution < -0.4 is 0 Å². The fraction of sp³-hybridized carbons (Fsp3) is 0.333. The summed E-state index contributed by atoms with van der Waals surface area (Å²) in [4.78, 5) is 7.01. The van der Waals surface area contributed by atoms with Crippen LogP contribution in [0.15, 0.2) is 42.6 Å². The second-order valence-corrected chi connectivity index (χ2v) is 6.49. The maximum absolute atomic E-state index is 6.43. The Kier molecular flexibility index (Phi) is 3.79. The van der Waals surface area contributed by atoms with E-state index in [-0.39, 0.29) is 0 Å². The van der Waals surface area contributed by atoms with Gasteiger partial charge in [0.1, 0.15) is 0 Å². The Labute approximate surface area is 140 Å². The van der Waals surface area contributed by atoms with Gasteiger partial charge < -0.3 is 0 Å². The van der Waals surface area contributed by atoms with Crippen molar-refractivity contribution in [2.75, 3.05) is 6.54 Å².